The predicted molar refractivity (Wildman–Crippen MR) is 126 cm³/mol. The summed E-state index contributed by atoms with van der Waals surface area (Å²) in [5, 5.41) is 6.55. The molecule has 0 bridgehead atoms. The fourth-order valence-electron chi connectivity index (χ4n) is 3.06. The molecular formula is C22H17ClN4O6S. The highest BCUT2D eigenvalue weighted by Crippen LogP contribution is 2.29. The predicted octanol–water partition coefficient (Wildman–Crippen LogP) is 3.75. The number of nitrogens with one attached hydrogen (secondary N) is 3. The van der Waals surface area contributed by atoms with E-state index >= 15 is 0 Å². The van der Waals surface area contributed by atoms with Crippen LogP contribution in [0.1, 0.15) is 10.4 Å². The molecule has 4 aromatic rings. The number of rotatable bonds is 7. The van der Waals surface area contributed by atoms with Crippen LogP contribution < -0.4 is 20.5 Å². The molecule has 0 aliphatic carbocycles. The molecule has 0 saturated heterocycles. The van der Waals surface area contributed by atoms with E-state index in [0.717, 1.165) is 0 Å². The van der Waals surface area contributed by atoms with Crippen LogP contribution >= 0.6 is 11.6 Å². The van der Waals surface area contributed by atoms with Crippen molar-refractivity contribution < 1.29 is 22.5 Å². The molecule has 12 heteroatoms. The molecule has 0 aliphatic heterocycles. The van der Waals surface area contributed by atoms with E-state index in [-0.39, 0.29) is 32.7 Å². The molecule has 0 aliphatic rings. The first-order valence-electron chi connectivity index (χ1n) is 9.69. The van der Waals surface area contributed by atoms with Gasteiger partial charge in [0, 0.05) is 27.5 Å². The van der Waals surface area contributed by atoms with Gasteiger partial charge in [0.05, 0.1) is 7.11 Å². The van der Waals surface area contributed by atoms with E-state index in [0.29, 0.717) is 11.3 Å². The average molecular weight is 501 g/mol. The number of anilines is 2. The molecule has 4 rings (SSSR count). The van der Waals surface area contributed by atoms with Crippen LogP contribution in [0.5, 0.6) is 5.75 Å². The molecule has 174 valence electrons. The minimum Gasteiger partial charge on any atom is -0.495 e. The number of amides is 1. The van der Waals surface area contributed by atoms with Crippen LogP contribution in [0.3, 0.4) is 0 Å². The van der Waals surface area contributed by atoms with Crippen LogP contribution in [-0.4, -0.2) is 31.6 Å². The van der Waals surface area contributed by atoms with Gasteiger partial charge in [-0.25, -0.2) is 13.2 Å². The second-order valence-electron chi connectivity index (χ2n) is 6.96. The lowest BCUT2D eigenvalue weighted by Gasteiger charge is -2.13. The number of carbonyl (C=O) groups excluding carboxylic acids is 1. The fraction of sp³-hybridized carbons (Fsp3) is 0.0455. The summed E-state index contributed by atoms with van der Waals surface area (Å²) in [7, 11) is -2.69. The number of nitrogens with zero attached hydrogens (tertiary/aromatic N) is 1. The summed E-state index contributed by atoms with van der Waals surface area (Å²) in [6.07, 6.45) is 0. The maximum atomic E-state index is 12.9. The van der Waals surface area contributed by atoms with Gasteiger partial charge < -0.3 is 10.1 Å². The maximum Gasteiger partial charge on any atom is 0.439 e. The zero-order valence-electron chi connectivity index (χ0n) is 17.5. The summed E-state index contributed by atoms with van der Waals surface area (Å²) in [6.45, 7) is 0. The zero-order chi connectivity index (χ0) is 24.3. The second kappa shape index (κ2) is 9.41. The van der Waals surface area contributed by atoms with E-state index in [1.165, 1.54) is 37.4 Å². The highest BCUT2D eigenvalue weighted by atomic mass is 35.5. The molecule has 10 nitrogen and oxygen atoms in total. The summed E-state index contributed by atoms with van der Waals surface area (Å²) in [4.78, 5) is 26.1. The van der Waals surface area contributed by atoms with Crippen molar-refractivity contribution >= 4 is 38.9 Å². The Morgan fingerprint density at radius 3 is 2.50 bits per heavy atom. The Kier molecular flexibility index (Phi) is 6.39. The van der Waals surface area contributed by atoms with Gasteiger partial charge in [-0.1, -0.05) is 22.8 Å². The van der Waals surface area contributed by atoms with E-state index in [9.17, 15) is 18.0 Å². The topological polar surface area (TPSA) is 143 Å². The van der Waals surface area contributed by atoms with E-state index in [1.54, 1.807) is 36.4 Å². The molecule has 34 heavy (non-hydrogen) atoms. The summed E-state index contributed by atoms with van der Waals surface area (Å²) in [5.74, 6) is -0.733. The van der Waals surface area contributed by atoms with Gasteiger partial charge in [0.1, 0.15) is 10.6 Å². The van der Waals surface area contributed by atoms with E-state index in [1.807, 2.05) is 0 Å². The lowest BCUT2D eigenvalue weighted by molar-refractivity contribution is 0.102. The Morgan fingerprint density at radius 2 is 1.82 bits per heavy atom. The number of methoxy groups -OCH3 is 1. The van der Waals surface area contributed by atoms with Crippen LogP contribution in [0.2, 0.25) is 5.02 Å². The van der Waals surface area contributed by atoms with Gasteiger partial charge in [-0.05, 0) is 60.7 Å². The van der Waals surface area contributed by atoms with Gasteiger partial charge >= 0.3 is 5.76 Å². The Labute approximate surface area is 198 Å². The zero-order valence-corrected chi connectivity index (χ0v) is 19.1. The Hall–Kier alpha value is -4.09. The van der Waals surface area contributed by atoms with Crippen molar-refractivity contribution in [1.29, 1.82) is 0 Å². The molecule has 0 atom stereocenters. The van der Waals surface area contributed by atoms with Crippen molar-refractivity contribution in [2.24, 2.45) is 0 Å². The SMILES string of the molecule is COc1ccc(Cl)cc1S(=O)(=O)Nc1cccc(C(=O)Nc2ccc(-c3noc(=O)[nH]3)cc2)c1. The Bertz CT molecular complexity index is 1510. The number of aromatic nitrogens is 2. The summed E-state index contributed by atoms with van der Waals surface area (Å²) in [6, 6.07) is 16.8. The third-order valence-electron chi connectivity index (χ3n) is 4.65. The number of sulfonamides is 1. The number of carbonyl (C=O) groups is 1. The first kappa shape index (κ1) is 23.1. The molecular weight excluding hydrogens is 484 g/mol. The number of benzene rings is 3. The summed E-state index contributed by atoms with van der Waals surface area (Å²) < 4.78 is 37.8. The maximum absolute atomic E-state index is 12.9. The summed E-state index contributed by atoms with van der Waals surface area (Å²) in [5.41, 5.74) is 1.48. The van der Waals surface area contributed by atoms with Crippen molar-refractivity contribution in [3.8, 4) is 17.1 Å². The minimum atomic E-state index is -4.04. The van der Waals surface area contributed by atoms with Gasteiger partial charge in [-0.2, -0.15) is 0 Å². The Morgan fingerprint density at radius 1 is 1.06 bits per heavy atom. The third kappa shape index (κ3) is 5.11. The molecule has 3 aromatic carbocycles. The Balaban J connectivity index is 1.50. The van der Waals surface area contributed by atoms with Gasteiger partial charge in [-0.15, -0.1) is 0 Å². The number of aromatic amines is 1. The van der Waals surface area contributed by atoms with Crippen LogP contribution in [0, 0.1) is 0 Å². The van der Waals surface area contributed by atoms with Crippen LogP contribution in [0.25, 0.3) is 11.4 Å². The van der Waals surface area contributed by atoms with Crippen molar-refractivity contribution in [3.63, 3.8) is 0 Å². The highest BCUT2D eigenvalue weighted by molar-refractivity contribution is 7.92. The van der Waals surface area contributed by atoms with Crippen molar-refractivity contribution in [3.05, 3.63) is 87.9 Å². The van der Waals surface area contributed by atoms with Gasteiger partial charge in [0.2, 0.25) is 0 Å². The minimum absolute atomic E-state index is 0.129. The highest BCUT2D eigenvalue weighted by Gasteiger charge is 2.21. The molecule has 0 radical (unpaired) electrons. The molecule has 1 heterocycles. The largest absolute Gasteiger partial charge is 0.495 e. The lowest BCUT2D eigenvalue weighted by atomic mass is 10.1. The van der Waals surface area contributed by atoms with Crippen molar-refractivity contribution in [2.45, 2.75) is 4.90 Å². The van der Waals surface area contributed by atoms with Crippen LogP contribution in [0.4, 0.5) is 11.4 Å². The molecule has 0 unspecified atom stereocenters. The van der Waals surface area contributed by atoms with Crippen molar-refractivity contribution in [2.75, 3.05) is 17.1 Å². The molecule has 0 fully saturated rings. The smallest absolute Gasteiger partial charge is 0.439 e. The van der Waals surface area contributed by atoms with Crippen LogP contribution in [-0.2, 0) is 10.0 Å². The fourth-order valence-corrected chi connectivity index (χ4v) is 4.55. The second-order valence-corrected chi connectivity index (χ2v) is 9.04. The molecule has 0 saturated carbocycles. The summed E-state index contributed by atoms with van der Waals surface area (Å²) >= 11 is 5.95. The molecule has 0 spiro atoms. The first-order valence-corrected chi connectivity index (χ1v) is 11.6. The normalized spacial score (nSPS) is 11.1. The number of H-pyrrole nitrogens is 1. The van der Waals surface area contributed by atoms with Gasteiger partial charge in [-0.3, -0.25) is 19.0 Å². The quantitative estimate of drug-likeness (QED) is 0.350. The van der Waals surface area contributed by atoms with Gasteiger partial charge in [0.25, 0.3) is 15.9 Å². The first-order chi connectivity index (χ1) is 16.2. The monoisotopic (exact) mass is 500 g/mol. The number of halogens is 1. The molecule has 1 amide bonds. The van der Waals surface area contributed by atoms with Gasteiger partial charge in [0.15, 0.2) is 5.82 Å². The average Bonchev–Trinajstić information content (AvgIpc) is 3.25. The lowest BCUT2D eigenvalue weighted by Crippen LogP contribution is -2.16. The third-order valence-corrected chi connectivity index (χ3v) is 6.29. The van der Waals surface area contributed by atoms with E-state index in [2.05, 4.69) is 24.7 Å². The van der Waals surface area contributed by atoms with Crippen LogP contribution in [0.15, 0.2) is 80.9 Å². The van der Waals surface area contributed by atoms with E-state index in [4.69, 9.17) is 16.3 Å². The van der Waals surface area contributed by atoms with E-state index < -0.39 is 21.7 Å². The number of hydrogen-bond donors (Lipinski definition) is 3. The number of hydrogen-bond acceptors (Lipinski definition) is 7. The van der Waals surface area contributed by atoms with Crippen molar-refractivity contribution in [1.82, 2.24) is 10.1 Å². The standard InChI is InChI=1S/C22H17ClN4O6S/c1-32-18-10-7-15(23)12-19(18)34(30,31)27-17-4-2-3-14(11-17)21(28)24-16-8-5-13(6-9-16)20-25-22(29)33-26-20/h2-12,27H,1H3,(H,24,28)(H,25,26,29). The number of ether oxygens (including phenoxy) is 1. The molecule has 1 aromatic heterocycles. The molecule has 3 N–H and O–H groups in total.